The van der Waals surface area contributed by atoms with E-state index in [2.05, 4.69) is 15.6 Å². The maximum atomic E-state index is 12.7. The summed E-state index contributed by atoms with van der Waals surface area (Å²) in [5, 5.41) is 4.97. The van der Waals surface area contributed by atoms with Crippen LogP contribution in [0.3, 0.4) is 0 Å². The van der Waals surface area contributed by atoms with E-state index in [1.165, 1.54) is 24.3 Å². The fourth-order valence-electron chi connectivity index (χ4n) is 1.49. The number of rotatable bonds is 4. The third kappa shape index (κ3) is 3.88. The molecule has 0 spiro atoms. The van der Waals surface area contributed by atoms with Gasteiger partial charge in [-0.3, -0.25) is 9.59 Å². The molecule has 0 saturated heterocycles. The number of amides is 2. The number of hydrogen-bond acceptors (Lipinski definition) is 3. The Labute approximate surface area is 114 Å². The van der Waals surface area contributed by atoms with Crippen LogP contribution in [-0.2, 0) is 4.79 Å². The fourth-order valence-corrected chi connectivity index (χ4v) is 1.49. The summed E-state index contributed by atoms with van der Waals surface area (Å²) in [5.41, 5.74) is 0.289. The van der Waals surface area contributed by atoms with Crippen LogP contribution in [0, 0.1) is 5.82 Å². The SMILES string of the molecule is O=C(CNC(=O)c1ccc(F)cc1)Nc1ccccn1. The monoisotopic (exact) mass is 273 g/mol. The van der Waals surface area contributed by atoms with Gasteiger partial charge in [0.05, 0.1) is 6.54 Å². The molecular weight excluding hydrogens is 261 g/mol. The van der Waals surface area contributed by atoms with E-state index in [1.54, 1.807) is 24.4 Å². The Hall–Kier alpha value is -2.76. The van der Waals surface area contributed by atoms with Gasteiger partial charge in [0.25, 0.3) is 5.91 Å². The van der Waals surface area contributed by atoms with Gasteiger partial charge in [-0.2, -0.15) is 0 Å². The van der Waals surface area contributed by atoms with Crippen LogP contribution in [0.4, 0.5) is 10.2 Å². The highest BCUT2D eigenvalue weighted by molar-refractivity contribution is 5.98. The van der Waals surface area contributed by atoms with Crippen LogP contribution in [-0.4, -0.2) is 23.3 Å². The lowest BCUT2D eigenvalue weighted by atomic mass is 10.2. The summed E-state index contributed by atoms with van der Waals surface area (Å²) in [4.78, 5) is 27.2. The smallest absolute Gasteiger partial charge is 0.251 e. The number of nitrogens with zero attached hydrogens (tertiary/aromatic N) is 1. The number of carbonyl (C=O) groups is 2. The number of nitrogens with one attached hydrogen (secondary N) is 2. The Morgan fingerprint density at radius 2 is 1.85 bits per heavy atom. The largest absolute Gasteiger partial charge is 0.343 e. The van der Waals surface area contributed by atoms with Crippen LogP contribution in [0.2, 0.25) is 0 Å². The maximum Gasteiger partial charge on any atom is 0.251 e. The molecule has 0 saturated carbocycles. The zero-order chi connectivity index (χ0) is 14.4. The topological polar surface area (TPSA) is 71.1 Å². The molecule has 0 unspecified atom stereocenters. The van der Waals surface area contributed by atoms with Crippen molar-refractivity contribution in [3.63, 3.8) is 0 Å². The van der Waals surface area contributed by atoms with E-state index in [0.29, 0.717) is 5.82 Å². The molecule has 102 valence electrons. The molecule has 0 bridgehead atoms. The van der Waals surface area contributed by atoms with Gasteiger partial charge >= 0.3 is 0 Å². The number of hydrogen-bond donors (Lipinski definition) is 2. The number of anilines is 1. The first-order chi connectivity index (χ1) is 9.65. The molecule has 1 aromatic carbocycles. The van der Waals surface area contributed by atoms with E-state index in [0.717, 1.165) is 0 Å². The molecule has 6 heteroatoms. The standard InChI is InChI=1S/C14H12FN3O2/c15-11-6-4-10(5-7-11)14(20)17-9-13(19)18-12-3-1-2-8-16-12/h1-8H,9H2,(H,17,20)(H,16,18,19). The third-order valence-corrected chi connectivity index (χ3v) is 2.45. The van der Waals surface area contributed by atoms with E-state index < -0.39 is 11.7 Å². The molecule has 2 amide bonds. The van der Waals surface area contributed by atoms with E-state index in [-0.39, 0.29) is 18.0 Å². The van der Waals surface area contributed by atoms with Crippen molar-refractivity contribution in [3.05, 3.63) is 60.0 Å². The van der Waals surface area contributed by atoms with Crippen molar-refractivity contribution in [2.24, 2.45) is 0 Å². The third-order valence-electron chi connectivity index (χ3n) is 2.45. The van der Waals surface area contributed by atoms with Crippen molar-refractivity contribution >= 4 is 17.6 Å². The highest BCUT2D eigenvalue weighted by Gasteiger charge is 2.08. The molecule has 1 aromatic heterocycles. The quantitative estimate of drug-likeness (QED) is 0.888. The summed E-state index contributed by atoms with van der Waals surface area (Å²) >= 11 is 0. The number of aromatic nitrogens is 1. The minimum absolute atomic E-state index is 0.188. The average molecular weight is 273 g/mol. The highest BCUT2D eigenvalue weighted by Crippen LogP contribution is 2.02. The van der Waals surface area contributed by atoms with E-state index in [1.807, 2.05) is 0 Å². The van der Waals surface area contributed by atoms with Crippen LogP contribution in [0.15, 0.2) is 48.7 Å². The molecule has 0 aliphatic rings. The Bertz CT molecular complexity index is 600. The van der Waals surface area contributed by atoms with Gasteiger partial charge in [0.1, 0.15) is 11.6 Å². The normalized spacial score (nSPS) is 9.85. The second-order valence-electron chi connectivity index (χ2n) is 3.95. The molecule has 0 radical (unpaired) electrons. The molecule has 20 heavy (non-hydrogen) atoms. The first kappa shape index (κ1) is 13.7. The van der Waals surface area contributed by atoms with Gasteiger partial charge in [-0.1, -0.05) is 6.07 Å². The number of carbonyl (C=O) groups excluding carboxylic acids is 2. The molecule has 2 aromatic rings. The predicted octanol–water partition coefficient (Wildman–Crippen LogP) is 1.59. The van der Waals surface area contributed by atoms with Crippen LogP contribution in [0.5, 0.6) is 0 Å². The fraction of sp³-hybridized carbons (Fsp3) is 0.0714. The second kappa shape index (κ2) is 6.42. The van der Waals surface area contributed by atoms with Crippen molar-refractivity contribution in [1.82, 2.24) is 10.3 Å². The zero-order valence-electron chi connectivity index (χ0n) is 10.5. The molecule has 0 fully saturated rings. The van der Waals surface area contributed by atoms with E-state index >= 15 is 0 Å². The molecule has 0 aliphatic carbocycles. The Morgan fingerprint density at radius 3 is 2.50 bits per heavy atom. The average Bonchev–Trinajstić information content (AvgIpc) is 2.46. The first-order valence-electron chi connectivity index (χ1n) is 5.90. The minimum Gasteiger partial charge on any atom is -0.343 e. The van der Waals surface area contributed by atoms with Gasteiger partial charge in [-0.25, -0.2) is 9.37 Å². The van der Waals surface area contributed by atoms with Crippen molar-refractivity contribution < 1.29 is 14.0 Å². The Morgan fingerprint density at radius 1 is 1.10 bits per heavy atom. The molecule has 2 N–H and O–H groups in total. The van der Waals surface area contributed by atoms with Crippen LogP contribution < -0.4 is 10.6 Å². The summed E-state index contributed by atoms with van der Waals surface area (Å²) < 4.78 is 12.7. The maximum absolute atomic E-state index is 12.7. The van der Waals surface area contributed by atoms with Gasteiger partial charge in [0, 0.05) is 11.8 Å². The van der Waals surface area contributed by atoms with Crippen molar-refractivity contribution in [2.75, 3.05) is 11.9 Å². The molecule has 0 atom stereocenters. The van der Waals surface area contributed by atoms with E-state index in [9.17, 15) is 14.0 Å². The lowest BCUT2D eigenvalue weighted by molar-refractivity contribution is -0.115. The lowest BCUT2D eigenvalue weighted by Crippen LogP contribution is -2.33. The molecule has 1 heterocycles. The van der Waals surface area contributed by atoms with Gasteiger partial charge in [0.2, 0.25) is 5.91 Å². The summed E-state index contributed by atoms with van der Waals surface area (Å²) in [6.07, 6.45) is 1.55. The summed E-state index contributed by atoms with van der Waals surface area (Å²) in [6, 6.07) is 10.2. The Balaban J connectivity index is 1.84. The number of pyridine rings is 1. The summed E-state index contributed by atoms with van der Waals surface area (Å²) in [7, 11) is 0. The van der Waals surface area contributed by atoms with Crippen LogP contribution in [0.1, 0.15) is 10.4 Å². The molecule has 5 nitrogen and oxygen atoms in total. The summed E-state index contributed by atoms with van der Waals surface area (Å²) in [6.45, 7) is -0.188. The first-order valence-corrected chi connectivity index (χ1v) is 5.90. The molecular formula is C14H12FN3O2. The number of halogens is 1. The highest BCUT2D eigenvalue weighted by atomic mass is 19.1. The van der Waals surface area contributed by atoms with Crippen molar-refractivity contribution in [1.29, 1.82) is 0 Å². The summed E-state index contributed by atoms with van der Waals surface area (Å²) in [5.74, 6) is -0.844. The zero-order valence-corrected chi connectivity index (χ0v) is 10.5. The lowest BCUT2D eigenvalue weighted by Gasteiger charge is -2.06. The van der Waals surface area contributed by atoms with Gasteiger partial charge < -0.3 is 10.6 Å². The number of benzene rings is 1. The van der Waals surface area contributed by atoms with E-state index in [4.69, 9.17) is 0 Å². The minimum atomic E-state index is -0.443. The van der Waals surface area contributed by atoms with Crippen molar-refractivity contribution in [2.45, 2.75) is 0 Å². The van der Waals surface area contributed by atoms with Gasteiger partial charge in [-0.15, -0.1) is 0 Å². The molecule has 0 aliphatic heterocycles. The van der Waals surface area contributed by atoms with Crippen LogP contribution >= 0.6 is 0 Å². The Kier molecular flexibility index (Phi) is 4.39. The predicted molar refractivity (Wildman–Crippen MR) is 71.6 cm³/mol. The van der Waals surface area contributed by atoms with Crippen LogP contribution in [0.25, 0.3) is 0 Å². The second-order valence-corrected chi connectivity index (χ2v) is 3.95. The van der Waals surface area contributed by atoms with Gasteiger partial charge in [-0.05, 0) is 36.4 Å². The molecule has 2 rings (SSSR count). The van der Waals surface area contributed by atoms with Gasteiger partial charge in [0.15, 0.2) is 0 Å². The van der Waals surface area contributed by atoms with Crippen molar-refractivity contribution in [3.8, 4) is 0 Å².